The van der Waals surface area contributed by atoms with Crippen molar-refractivity contribution in [3.63, 3.8) is 0 Å². The molecule has 0 radical (unpaired) electrons. The van der Waals surface area contributed by atoms with E-state index < -0.39 is 0 Å². The minimum Gasteiger partial charge on any atom is -0.462 e. The Morgan fingerprint density at radius 2 is 2.21 bits per heavy atom. The Labute approximate surface area is 87.2 Å². The van der Waals surface area contributed by atoms with Gasteiger partial charge >= 0.3 is 0 Å². The molecule has 1 aliphatic rings. The van der Waals surface area contributed by atoms with Crippen LogP contribution >= 0.6 is 0 Å². The monoisotopic (exact) mass is 192 g/mol. The summed E-state index contributed by atoms with van der Waals surface area (Å²) in [6.45, 7) is 10.8. The summed E-state index contributed by atoms with van der Waals surface area (Å²) in [4.78, 5) is 0. The molecule has 1 aliphatic carbocycles. The van der Waals surface area contributed by atoms with Crippen molar-refractivity contribution in [3.05, 3.63) is 12.2 Å². The topological polar surface area (TPSA) is 20.2 Å². The van der Waals surface area contributed by atoms with Crippen LogP contribution < -0.4 is 0 Å². The van der Waals surface area contributed by atoms with Gasteiger partial charge in [0.1, 0.15) is 6.11 Å². The third kappa shape index (κ3) is 2.12. The molecule has 1 fully saturated rings. The highest BCUT2D eigenvalue weighted by Crippen LogP contribution is 2.46. The van der Waals surface area contributed by atoms with Crippen LogP contribution in [0.5, 0.6) is 0 Å². The van der Waals surface area contributed by atoms with Gasteiger partial charge in [-0.05, 0) is 30.6 Å². The first-order valence-electron chi connectivity index (χ1n) is 5.31. The average Bonchev–Trinajstić information content (AvgIpc) is 2.02. The van der Waals surface area contributed by atoms with Gasteiger partial charge in [-0.2, -0.15) is 0 Å². The first-order valence-corrected chi connectivity index (χ1v) is 5.31. The number of hydrogen-bond acceptors (Lipinski definition) is 1. The zero-order chi connectivity index (χ0) is 10.8. The van der Waals surface area contributed by atoms with Crippen LogP contribution in [0.15, 0.2) is 12.2 Å². The molecular weight excluding hydrogens is 172 g/mol. The van der Waals surface area contributed by atoms with E-state index in [4.69, 9.17) is 5.11 Å². The molecule has 0 aliphatic heterocycles. The molecule has 0 aromatic rings. The lowest BCUT2D eigenvalue weighted by Gasteiger charge is -2.42. The third-order valence-electron chi connectivity index (χ3n) is 3.39. The molecule has 0 spiro atoms. The zero-order valence-electron chi connectivity index (χ0n) is 9.43. The summed E-state index contributed by atoms with van der Waals surface area (Å²) < 4.78 is 0. The van der Waals surface area contributed by atoms with E-state index in [1.54, 1.807) is 0 Å². The normalized spacial score (nSPS) is 27.6. The summed E-state index contributed by atoms with van der Waals surface area (Å²) in [5, 5.41) is 8.63. The van der Waals surface area contributed by atoms with E-state index in [9.17, 15) is 0 Å². The standard InChI is InChI=1S/C13H20O/c1-10-6-5-8-13(3,4)12(10)11(2)7-9-14/h11-12,14H,1,5-6,8H2,2-4H3. The van der Waals surface area contributed by atoms with Gasteiger partial charge in [0, 0.05) is 5.92 Å². The SMILES string of the molecule is C=C1CCCC(C)(C)C1C(C)C#CO. The highest BCUT2D eigenvalue weighted by Gasteiger charge is 2.37. The minimum absolute atomic E-state index is 0.211. The highest BCUT2D eigenvalue weighted by molar-refractivity contribution is 5.16. The second kappa shape index (κ2) is 4.09. The molecular formula is C13H20O. The Kier molecular flexibility index (Phi) is 3.26. The van der Waals surface area contributed by atoms with Crippen molar-refractivity contribution in [2.24, 2.45) is 17.3 Å². The van der Waals surface area contributed by atoms with Crippen LogP contribution in [-0.4, -0.2) is 5.11 Å². The number of allylic oxidation sites excluding steroid dienone is 1. The summed E-state index contributed by atoms with van der Waals surface area (Å²) in [6.07, 6.45) is 5.62. The number of hydrogen-bond donors (Lipinski definition) is 1. The smallest absolute Gasteiger partial charge is 0.107 e. The van der Waals surface area contributed by atoms with Crippen molar-refractivity contribution in [3.8, 4) is 12.0 Å². The summed E-state index contributed by atoms with van der Waals surface area (Å²) in [5.41, 5.74) is 1.58. The minimum atomic E-state index is 0.211. The average molecular weight is 192 g/mol. The maximum atomic E-state index is 8.63. The maximum Gasteiger partial charge on any atom is 0.107 e. The molecule has 0 heterocycles. The summed E-state index contributed by atoms with van der Waals surface area (Å²) in [7, 11) is 0. The van der Waals surface area contributed by atoms with Crippen molar-refractivity contribution >= 4 is 0 Å². The van der Waals surface area contributed by atoms with Crippen molar-refractivity contribution in [2.45, 2.75) is 40.0 Å². The molecule has 0 saturated heterocycles. The van der Waals surface area contributed by atoms with Crippen LogP contribution in [0, 0.1) is 29.3 Å². The van der Waals surface area contributed by atoms with E-state index in [1.807, 2.05) is 6.11 Å². The van der Waals surface area contributed by atoms with E-state index >= 15 is 0 Å². The lowest BCUT2D eigenvalue weighted by molar-refractivity contribution is 0.160. The lowest BCUT2D eigenvalue weighted by atomic mass is 9.62. The van der Waals surface area contributed by atoms with Gasteiger partial charge < -0.3 is 5.11 Å². The quantitative estimate of drug-likeness (QED) is 0.499. The van der Waals surface area contributed by atoms with E-state index in [1.165, 1.54) is 18.4 Å². The zero-order valence-corrected chi connectivity index (χ0v) is 9.43. The fourth-order valence-corrected chi connectivity index (χ4v) is 2.85. The summed E-state index contributed by atoms with van der Waals surface area (Å²) in [5.74, 6) is 3.48. The Morgan fingerprint density at radius 1 is 1.57 bits per heavy atom. The predicted octanol–water partition coefficient (Wildman–Crippen LogP) is 3.34. The molecule has 78 valence electrons. The Hall–Kier alpha value is -0.900. The van der Waals surface area contributed by atoms with Crippen molar-refractivity contribution < 1.29 is 5.11 Å². The van der Waals surface area contributed by atoms with Crippen LogP contribution in [0.1, 0.15) is 40.0 Å². The van der Waals surface area contributed by atoms with Crippen LogP contribution in [0.4, 0.5) is 0 Å². The number of rotatable bonds is 1. The lowest BCUT2D eigenvalue weighted by Crippen LogP contribution is -2.33. The molecule has 2 unspecified atom stereocenters. The first-order chi connectivity index (χ1) is 6.49. The Bertz CT molecular complexity index is 277. The molecule has 1 N–H and O–H groups in total. The third-order valence-corrected chi connectivity index (χ3v) is 3.39. The second-order valence-corrected chi connectivity index (χ2v) is 5.02. The van der Waals surface area contributed by atoms with Gasteiger partial charge in [0.15, 0.2) is 0 Å². The second-order valence-electron chi connectivity index (χ2n) is 5.02. The van der Waals surface area contributed by atoms with Crippen LogP contribution in [0.2, 0.25) is 0 Å². The number of aliphatic hydroxyl groups is 1. The van der Waals surface area contributed by atoms with Crippen LogP contribution in [0.3, 0.4) is 0 Å². The molecule has 0 aromatic heterocycles. The largest absolute Gasteiger partial charge is 0.462 e. The first kappa shape index (κ1) is 11.2. The molecule has 0 bridgehead atoms. The molecule has 0 amide bonds. The van der Waals surface area contributed by atoms with Gasteiger partial charge in [0.2, 0.25) is 0 Å². The Morgan fingerprint density at radius 3 is 2.71 bits per heavy atom. The Balaban J connectivity index is 2.88. The molecule has 1 rings (SSSR count). The molecule has 2 atom stereocenters. The number of aliphatic hydroxyl groups excluding tert-OH is 1. The summed E-state index contributed by atoms with van der Waals surface area (Å²) in [6, 6.07) is 0. The van der Waals surface area contributed by atoms with E-state index in [-0.39, 0.29) is 11.3 Å². The van der Waals surface area contributed by atoms with E-state index in [0.717, 1.165) is 6.42 Å². The van der Waals surface area contributed by atoms with Crippen molar-refractivity contribution in [1.82, 2.24) is 0 Å². The summed E-state index contributed by atoms with van der Waals surface area (Å²) >= 11 is 0. The van der Waals surface area contributed by atoms with E-state index in [2.05, 4.69) is 33.3 Å². The molecule has 1 heteroatoms. The maximum absolute atomic E-state index is 8.63. The fourth-order valence-electron chi connectivity index (χ4n) is 2.85. The van der Waals surface area contributed by atoms with Crippen molar-refractivity contribution in [2.75, 3.05) is 0 Å². The van der Waals surface area contributed by atoms with Gasteiger partial charge in [0.05, 0.1) is 0 Å². The molecule has 14 heavy (non-hydrogen) atoms. The fraction of sp³-hybridized carbons (Fsp3) is 0.692. The van der Waals surface area contributed by atoms with Crippen LogP contribution in [-0.2, 0) is 0 Å². The van der Waals surface area contributed by atoms with Gasteiger partial charge in [-0.15, -0.1) is 0 Å². The van der Waals surface area contributed by atoms with E-state index in [0.29, 0.717) is 5.92 Å². The molecule has 1 saturated carbocycles. The van der Waals surface area contributed by atoms with Gasteiger partial charge in [-0.3, -0.25) is 0 Å². The van der Waals surface area contributed by atoms with Crippen LogP contribution in [0.25, 0.3) is 0 Å². The molecule has 0 aromatic carbocycles. The van der Waals surface area contributed by atoms with Crippen molar-refractivity contribution in [1.29, 1.82) is 0 Å². The predicted molar refractivity (Wildman–Crippen MR) is 59.1 cm³/mol. The van der Waals surface area contributed by atoms with Gasteiger partial charge in [-0.1, -0.05) is 38.8 Å². The van der Waals surface area contributed by atoms with Gasteiger partial charge in [0.25, 0.3) is 0 Å². The highest BCUT2D eigenvalue weighted by atomic mass is 16.2. The molecule has 1 nitrogen and oxygen atoms in total. The van der Waals surface area contributed by atoms with Gasteiger partial charge in [-0.25, -0.2) is 0 Å².